The number of benzene rings is 2. The van der Waals surface area contributed by atoms with E-state index in [1.54, 1.807) is 14.2 Å². The number of hydrogen-bond acceptors (Lipinski definition) is 2. The zero-order valence-electron chi connectivity index (χ0n) is 27.5. The molecule has 0 heterocycles. The van der Waals surface area contributed by atoms with Gasteiger partial charge < -0.3 is 0 Å². The van der Waals surface area contributed by atoms with Crippen LogP contribution in [0.2, 0.25) is 0 Å². The van der Waals surface area contributed by atoms with Crippen molar-refractivity contribution in [3.05, 3.63) is 41.0 Å². The predicted molar refractivity (Wildman–Crippen MR) is 170 cm³/mol. The van der Waals surface area contributed by atoms with Crippen molar-refractivity contribution in [3.63, 3.8) is 0 Å². The average Bonchev–Trinajstić information content (AvgIpc) is 2.96. The topological polar surface area (TPSA) is 18.5 Å². The van der Waals surface area contributed by atoms with Crippen LogP contribution in [-0.4, -0.2) is 28.1 Å². The van der Waals surface area contributed by atoms with Crippen LogP contribution in [0.15, 0.2) is 24.3 Å². The molecular weight excluding hydrogens is 483 g/mol. The van der Waals surface area contributed by atoms with E-state index in [9.17, 15) is 2.56 Å². The molecule has 0 radical (unpaired) electrons. The van der Waals surface area contributed by atoms with Crippen molar-refractivity contribution in [1.29, 1.82) is 2.56 Å². The summed E-state index contributed by atoms with van der Waals surface area (Å²) in [5.41, 5.74) is 6.31. The van der Waals surface area contributed by atoms with E-state index in [-0.39, 0.29) is 11.3 Å². The third-order valence-electron chi connectivity index (χ3n) is 9.12. The van der Waals surface area contributed by atoms with E-state index in [0.29, 0.717) is 17.8 Å². The molecule has 0 amide bonds. The van der Waals surface area contributed by atoms with Crippen molar-refractivity contribution >= 4 is 13.1 Å². The normalized spacial score (nSPS) is 19.8. The second-order valence-corrected chi connectivity index (χ2v) is 15.4. The second kappa shape index (κ2) is 13.2. The van der Waals surface area contributed by atoms with Crippen LogP contribution in [-0.2, 0) is 0 Å². The van der Waals surface area contributed by atoms with Crippen LogP contribution >= 0.6 is 7.81 Å². The molecule has 2 aromatic rings. The molecule has 0 unspecified atom stereocenters. The Morgan fingerprint density at radius 2 is 1.11 bits per heavy atom. The molecule has 3 heteroatoms. The second-order valence-electron chi connectivity index (χ2n) is 12.7. The van der Waals surface area contributed by atoms with Gasteiger partial charge in [-0.3, -0.25) is 0 Å². The fraction of sp³-hybridized carbons (Fsp3) is 0.657. The molecule has 0 aromatic heterocycles. The number of hydrogen-bond donors (Lipinski definition) is 0. The fourth-order valence-electron chi connectivity index (χ4n) is 7.01. The Morgan fingerprint density at radius 3 is 1.50 bits per heavy atom. The van der Waals surface area contributed by atoms with Gasteiger partial charge in [-0.15, -0.1) is 0 Å². The van der Waals surface area contributed by atoms with Crippen molar-refractivity contribution in [3.8, 4) is 22.6 Å². The van der Waals surface area contributed by atoms with E-state index in [4.69, 9.17) is 9.47 Å². The van der Waals surface area contributed by atoms with E-state index in [1.807, 2.05) is 12.1 Å². The van der Waals surface area contributed by atoms with Crippen LogP contribution in [0.5, 0.6) is 11.5 Å². The SMILES string of the molecule is [2H]P([2H])(c1c(OC)ccc(OC)c1-c1c(C(C)C)cc(C(C)C)cc1C(C)C)(C1CCCCC1)C1CCCCC1. The van der Waals surface area contributed by atoms with Gasteiger partial charge in [0.05, 0.1) is 0 Å². The van der Waals surface area contributed by atoms with Crippen molar-refractivity contribution < 1.29 is 9.47 Å². The molecule has 2 saturated carbocycles. The first-order valence-electron chi connectivity index (χ1n) is 16.4. The standard InChI is InChI=1S/C35H55O2P/c1-23(2)26-21-29(24(3)4)33(30(22-26)25(5)6)34-31(36-7)19-20-32(37-8)35(34)38(27-15-11-9-12-16-27)28-17-13-10-14-18-28/h19-25,27-28H,9-18,38H2,1-8H3/i38D2. The Balaban J connectivity index is 2.20. The molecule has 0 atom stereocenters. The third-order valence-corrected chi connectivity index (χ3v) is 12.7. The average molecular weight is 541 g/mol. The van der Waals surface area contributed by atoms with Gasteiger partial charge in [0.2, 0.25) is 0 Å². The summed E-state index contributed by atoms with van der Waals surface area (Å²) in [4.78, 5) is 0. The van der Waals surface area contributed by atoms with E-state index >= 15 is 0 Å². The third kappa shape index (κ3) is 6.11. The zero-order chi connectivity index (χ0) is 29.3. The summed E-state index contributed by atoms with van der Waals surface area (Å²) in [5, 5.41) is 0.882. The molecule has 2 aromatic carbocycles. The first kappa shape index (κ1) is 26.7. The monoisotopic (exact) mass is 540 g/mol. The molecule has 0 N–H and O–H groups in total. The molecule has 38 heavy (non-hydrogen) atoms. The van der Waals surface area contributed by atoms with Crippen LogP contribution in [0, 0.1) is 0 Å². The summed E-state index contributed by atoms with van der Waals surface area (Å²) in [6, 6.07) is 8.81. The van der Waals surface area contributed by atoms with E-state index in [1.165, 1.54) is 35.1 Å². The van der Waals surface area contributed by atoms with Gasteiger partial charge in [0.1, 0.15) is 0 Å². The fourth-order valence-corrected chi connectivity index (χ4v) is 11.1. The van der Waals surface area contributed by atoms with E-state index in [2.05, 4.69) is 53.7 Å². The summed E-state index contributed by atoms with van der Waals surface area (Å²) in [5.74, 6) is 2.53. The zero-order valence-corrected chi connectivity index (χ0v) is 26.4. The molecule has 0 saturated heterocycles. The number of methoxy groups -OCH3 is 2. The van der Waals surface area contributed by atoms with Crippen molar-refractivity contribution in [2.45, 2.75) is 135 Å². The molecule has 2 fully saturated rings. The Bertz CT molecular complexity index is 1120. The number of rotatable bonds is 9. The Kier molecular flexibility index (Phi) is 9.28. The molecule has 2 aliphatic carbocycles. The van der Waals surface area contributed by atoms with Gasteiger partial charge in [0.15, 0.2) is 0 Å². The Labute approximate surface area is 237 Å². The first-order chi connectivity index (χ1) is 18.9. The molecule has 0 spiro atoms. The molecule has 0 bridgehead atoms. The molecule has 212 valence electrons. The number of ether oxygens (including phenoxy) is 2. The van der Waals surface area contributed by atoms with Crippen LogP contribution in [0.25, 0.3) is 11.1 Å². The molecule has 4 rings (SSSR count). The van der Waals surface area contributed by atoms with Gasteiger partial charge in [0, 0.05) is 0 Å². The van der Waals surface area contributed by atoms with Crippen LogP contribution in [0.4, 0.5) is 0 Å². The minimum absolute atomic E-state index is 0.0857. The van der Waals surface area contributed by atoms with E-state index in [0.717, 1.165) is 73.7 Å². The molecule has 2 aliphatic rings. The maximum absolute atomic E-state index is 10.8. The summed E-state index contributed by atoms with van der Waals surface area (Å²) in [7, 11) is -0.551. The van der Waals surface area contributed by atoms with Crippen LogP contribution in [0.1, 0.15) is 140 Å². The molecular formula is C35H55O2P. The van der Waals surface area contributed by atoms with Gasteiger partial charge in [-0.25, -0.2) is 0 Å². The molecule has 2 nitrogen and oxygen atoms in total. The van der Waals surface area contributed by atoms with Gasteiger partial charge in [0.25, 0.3) is 0 Å². The Hall–Kier alpha value is -1.53. The van der Waals surface area contributed by atoms with Crippen LogP contribution in [0.3, 0.4) is 0 Å². The minimum atomic E-state index is -4.05. The van der Waals surface area contributed by atoms with Crippen molar-refractivity contribution in [2.24, 2.45) is 0 Å². The van der Waals surface area contributed by atoms with Crippen molar-refractivity contribution in [1.82, 2.24) is 0 Å². The summed E-state index contributed by atoms with van der Waals surface area (Å²) < 4.78 is 34.1. The Morgan fingerprint density at radius 1 is 0.658 bits per heavy atom. The van der Waals surface area contributed by atoms with Crippen LogP contribution < -0.4 is 14.8 Å². The summed E-state index contributed by atoms with van der Waals surface area (Å²) >= 11 is 0. The van der Waals surface area contributed by atoms with Gasteiger partial charge in [-0.05, 0) is 0 Å². The summed E-state index contributed by atoms with van der Waals surface area (Å²) in [6.07, 6.45) is 10.9. The molecule has 0 aliphatic heterocycles. The van der Waals surface area contributed by atoms with Gasteiger partial charge in [-0.1, -0.05) is 0 Å². The van der Waals surface area contributed by atoms with Gasteiger partial charge >= 0.3 is 238 Å². The maximum atomic E-state index is 10.8. The van der Waals surface area contributed by atoms with Crippen molar-refractivity contribution in [2.75, 3.05) is 14.2 Å². The summed E-state index contributed by atoms with van der Waals surface area (Å²) in [6.45, 7) is 13.7. The van der Waals surface area contributed by atoms with Gasteiger partial charge in [-0.2, -0.15) is 0 Å². The van der Waals surface area contributed by atoms with E-state index < -0.39 is 7.81 Å². The predicted octanol–water partition coefficient (Wildman–Crippen LogP) is 9.98. The quantitative estimate of drug-likeness (QED) is 0.295. The first-order valence-corrected chi connectivity index (χ1v) is 17.0.